The highest BCUT2D eigenvalue weighted by Crippen LogP contribution is 2.23. The van der Waals surface area contributed by atoms with Gasteiger partial charge in [-0.25, -0.2) is 8.78 Å². The molecule has 0 heterocycles. The minimum atomic E-state index is -1.00. The van der Waals surface area contributed by atoms with E-state index in [0.717, 1.165) is 6.07 Å². The molecule has 0 radical (unpaired) electrons. The van der Waals surface area contributed by atoms with Gasteiger partial charge in [0, 0.05) is 5.02 Å². The van der Waals surface area contributed by atoms with Crippen LogP contribution >= 0.6 is 11.6 Å². The van der Waals surface area contributed by atoms with Crippen LogP contribution in [0.1, 0.15) is 11.1 Å². The zero-order chi connectivity index (χ0) is 15.4. The molecule has 0 aliphatic heterocycles. The topological polar surface area (TPSA) is 37.3 Å². The molecule has 0 spiro atoms. The first kappa shape index (κ1) is 15.4. The lowest BCUT2D eigenvalue weighted by molar-refractivity contribution is -0.141. The highest BCUT2D eigenvalue weighted by molar-refractivity contribution is 6.31. The first-order valence-electron chi connectivity index (χ1n) is 6.37. The van der Waals surface area contributed by atoms with Gasteiger partial charge in [0.2, 0.25) is 0 Å². The zero-order valence-electron chi connectivity index (χ0n) is 11.0. The van der Waals surface area contributed by atoms with E-state index in [2.05, 4.69) is 0 Å². The average molecular weight is 311 g/mol. The van der Waals surface area contributed by atoms with Gasteiger partial charge in [0.1, 0.15) is 11.6 Å². The molecule has 2 nitrogen and oxygen atoms in total. The van der Waals surface area contributed by atoms with Crippen LogP contribution in [0.2, 0.25) is 5.02 Å². The SMILES string of the molecule is O=C(O)C(Cc1cccc(F)c1)Cc1ccc(F)cc1Cl. The Labute approximate surface area is 126 Å². The standard InChI is InChI=1S/C16H13ClF2O2/c17-15-9-14(19)5-4-11(15)8-12(16(20)21)6-10-2-1-3-13(18)7-10/h1-5,7,9,12H,6,8H2,(H,20,21). The summed E-state index contributed by atoms with van der Waals surface area (Å²) < 4.78 is 26.1. The molecule has 0 bridgehead atoms. The molecule has 0 saturated carbocycles. The van der Waals surface area contributed by atoms with Gasteiger partial charge in [-0.15, -0.1) is 0 Å². The molecule has 110 valence electrons. The van der Waals surface area contributed by atoms with Crippen molar-refractivity contribution < 1.29 is 18.7 Å². The summed E-state index contributed by atoms with van der Waals surface area (Å²) >= 11 is 5.91. The van der Waals surface area contributed by atoms with Crippen LogP contribution in [-0.4, -0.2) is 11.1 Å². The van der Waals surface area contributed by atoms with Gasteiger partial charge in [0.05, 0.1) is 5.92 Å². The van der Waals surface area contributed by atoms with Gasteiger partial charge in [0.15, 0.2) is 0 Å². The van der Waals surface area contributed by atoms with E-state index < -0.39 is 23.5 Å². The second kappa shape index (κ2) is 6.68. The van der Waals surface area contributed by atoms with E-state index in [1.807, 2.05) is 0 Å². The lowest BCUT2D eigenvalue weighted by Crippen LogP contribution is -2.19. The number of aliphatic carboxylic acids is 1. The number of hydrogen-bond acceptors (Lipinski definition) is 1. The third kappa shape index (κ3) is 4.26. The predicted octanol–water partition coefficient (Wildman–Crippen LogP) is 4.10. The summed E-state index contributed by atoms with van der Waals surface area (Å²) in [5.41, 5.74) is 1.16. The minimum absolute atomic E-state index is 0.158. The maximum Gasteiger partial charge on any atom is 0.307 e. The molecule has 2 aromatic carbocycles. The van der Waals surface area contributed by atoms with Crippen molar-refractivity contribution in [2.75, 3.05) is 0 Å². The van der Waals surface area contributed by atoms with Crippen LogP contribution < -0.4 is 0 Å². The van der Waals surface area contributed by atoms with Crippen molar-refractivity contribution in [2.45, 2.75) is 12.8 Å². The van der Waals surface area contributed by atoms with Crippen LogP contribution in [0.15, 0.2) is 42.5 Å². The Morgan fingerprint density at radius 3 is 2.43 bits per heavy atom. The molecular formula is C16H13ClF2O2. The summed E-state index contributed by atoms with van der Waals surface area (Å²) in [4.78, 5) is 11.4. The van der Waals surface area contributed by atoms with Gasteiger partial charge in [-0.3, -0.25) is 4.79 Å². The molecule has 21 heavy (non-hydrogen) atoms. The molecule has 5 heteroatoms. The Bertz CT molecular complexity index is 658. The summed E-state index contributed by atoms with van der Waals surface area (Å²) in [5.74, 6) is -2.63. The van der Waals surface area contributed by atoms with E-state index in [1.54, 1.807) is 6.07 Å². The maximum absolute atomic E-state index is 13.1. The van der Waals surface area contributed by atoms with E-state index in [1.165, 1.54) is 30.3 Å². The van der Waals surface area contributed by atoms with E-state index in [-0.39, 0.29) is 17.9 Å². The average Bonchev–Trinajstić information content (AvgIpc) is 2.40. The van der Waals surface area contributed by atoms with E-state index >= 15 is 0 Å². The predicted molar refractivity (Wildman–Crippen MR) is 76.3 cm³/mol. The van der Waals surface area contributed by atoms with Crippen molar-refractivity contribution in [3.63, 3.8) is 0 Å². The third-order valence-electron chi connectivity index (χ3n) is 3.20. The highest BCUT2D eigenvalue weighted by Gasteiger charge is 2.20. The Morgan fingerprint density at radius 1 is 1.10 bits per heavy atom. The number of halogens is 3. The number of carboxylic acid groups (broad SMARTS) is 1. The van der Waals surface area contributed by atoms with Crippen molar-refractivity contribution in [1.29, 1.82) is 0 Å². The monoisotopic (exact) mass is 310 g/mol. The van der Waals surface area contributed by atoms with Crippen molar-refractivity contribution >= 4 is 17.6 Å². The molecular weight excluding hydrogens is 298 g/mol. The quantitative estimate of drug-likeness (QED) is 0.902. The van der Waals surface area contributed by atoms with Gasteiger partial charge in [-0.2, -0.15) is 0 Å². The fourth-order valence-electron chi connectivity index (χ4n) is 2.15. The van der Waals surface area contributed by atoms with Crippen molar-refractivity contribution in [3.05, 3.63) is 70.2 Å². The Balaban J connectivity index is 2.18. The number of benzene rings is 2. The van der Waals surface area contributed by atoms with Crippen molar-refractivity contribution in [3.8, 4) is 0 Å². The zero-order valence-corrected chi connectivity index (χ0v) is 11.8. The molecule has 0 aliphatic carbocycles. The van der Waals surface area contributed by atoms with E-state index in [0.29, 0.717) is 11.1 Å². The second-order valence-electron chi connectivity index (χ2n) is 4.81. The summed E-state index contributed by atoms with van der Waals surface area (Å²) in [6.45, 7) is 0. The maximum atomic E-state index is 13.1. The Kier molecular flexibility index (Phi) is 4.91. The Morgan fingerprint density at radius 2 is 1.81 bits per heavy atom. The van der Waals surface area contributed by atoms with Crippen molar-refractivity contribution in [1.82, 2.24) is 0 Å². The first-order chi connectivity index (χ1) is 9.95. The largest absolute Gasteiger partial charge is 0.481 e. The van der Waals surface area contributed by atoms with Crippen LogP contribution in [0, 0.1) is 17.6 Å². The van der Waals surface area contributed by atoms with Crippen molar-refractivity contribution in [2.24, 2.45) is 5.92 Å². The van der Waals surface area contributed by atoms with Gasteiger partial charge >= 0.3 is 5.97 Å². The molecule has 0 saturated heterocycles. The molecule has 1 atom stereocenters. The van der Waals surface area contributed by atoms with Gasteiger partial charge in [-0.1, -0.05) is 29.8 Å². The third-order valence-corrected chi connectivity index (χ3v) is 3.55. The fourth-order valence-corrected chi connectivity index (χ4v) is 2.39. The lowest BCUT2D eigenvalue weighted by Gasteiger charge is -2.13. The number of carbonyl (C=O) groups is 1. The summed E-state index contributed by atoms with van der Waals surface area (Å²) in [7, 11) is 0. The molecule has 0 amide bonds. The van der Waals surface area contributed by atoms with Gasteiger partial charge in [0.25, 0.3) is 0 Å². The summed E-state index contributed by atoms with van der Waals surface area (Å²) in [6, 6.07) is 9.68. The van der Waals surface area contributed by atoms with E-state index in [4.69, 9.17) is 11.6 Å². The van der Waals surface area contributed by atoms with Crippen LogP contribution in [-0.2, 0) is 17.6 Å². The molecule has 1 N–H and O–H groups in total. The fraction of sp³-hybridized carbons (Fsp3) is 0.188. The van der Waals surface area contributed by atoms with Crippen LogP contribution in [0.4, 0.5) is 8.78 Å². The molecule has 2 rings (SSSR count). The number of hydrogen-bond donors (Lipinski definition) is 1. The van der Waals surface area contributed by atoms with E-state index in [9.17, 15) is 18.7 Å². The lowest BCUT2D eigenvalue weighted by atomic mass is 9.92. The Hall–Kier alpha value is -1.94. The molecule has 0 fully saturated rings. The second-order valence-corrected chi connectivity index (χ2v) is 5.22. The minimum Gasteiger partial charge on any atom is -0.481 e. The summed E-state index contributed by atoms with van der Waals surface area (Å²) in [6.07, 6.45) is 0.339. The molecule has 0 aromatic heterocycles. The first-order valence-corrected chi connectivity index (χ1v) is 6.74. The highest BCUT2D eigenvalue weighted by atomic mass is 35.5. The molecule has 0 aliphatic rings. The van der Waals surface area contributed by atoms with Crippen LogP contribution in [0.25, 0.3) is 0 Å². The smallest absolute Gasteiger partial charge is 0.307 e. The number of rotatable bonds is 5. The van der Waals surface area contributed by atoms with Crippen LogP contribution in [0.3, 0.4) is 0 Å². The molecule has 1 unspecified atom stereocenters. The van der Waals surface area contributed by atoms with Gasteiger partial charge < -0.3 is 5.11 Å². The summed E-state index contributed by atoms with van der Waals surface area (Å²) in [5, 5.41) is 9.49. The van der Waals surface area contributed by atoms with Crippen LogP contribution in [0.5, 0.6) is 0 Å². The van der Waals surface area contributed by atoms with Gasteiger partial charge in [-0.05, 0) is 48.2 Å². The molecule has 2 aromatic rings. The number of carboxylic acids is 1. The normalized spacial score (nSPS) is 12.1.